The molecule has 8 nitrogen and oxygen atoms in total. The van der Waals surface area contributed by atoms with Crippen LogP contribution < -0.4 is 20.3 Å². The third kappa shape index (κ3) is 4.14. The molecular formula is C27H24N6O2. The van der Waals surface area contributed by atoms with Crippen LogP contribution in [0, 0.1) is 0 Å². The normalized spacial score (nSPS) is 16.3. The van der Waals surface area contributed by atoms with Gasteiger partial charge in [0, 0.05) is 53.8 Å². The summed E-state index contributed by atoms with van der Waals surface area (Å²) in [7, 11) is 0. The molecule has 8 heteroatoms. The molecule has 4 aromatic rings. The summed E-state index contributed by atoms with van der Waals surface area (Å²) in [5.41, 5.74) is 5.59. The Balaban J connectivity index is 1.25. The molecule has 35 heavy (non-hydrogen) atoms. The van der Waals surface area contributed by atoms with Crippen molar-refractivity contribution in [2.45, 2.75) is 25.9 Å². The van der Waals surface area contributed by atoms with E-state index in [1.807, 2.05) is 66.6 Å². The van der Waals surface area contributed by atoms with Crippen LogP contribution >= 0.6 is 0 Å². The summed E-state index contributed by atoms with van der Waals surface area (Å²) in [6.07, 6.45) is 8.46. The first kappa shape index (κ1) is 21.1. The van der Waals surface area contributed by atoms with Gasteiger partial charge in [-0.15, -0.1) is 0 Å². The van der Waals surface area contributed by atoms with Gasteiger partial charge in [0.2, 0.25) is 5.91 Å². The van der Waals surface area contributed by atoms with Crippen molar-refractivity contribution < 1.29 is 9.53 Å². The van der Waals surface area contributed by atoms with Gasteiger partial charge >= 0.3 is 0 Å². The van der Waals surface area contributed by atoms with Crippen LogP contribution in [0.2, 0.25) is 0 Å². The summed E-state index contributed by atoms with van der Waals surface area (Å²) in [6, 6.07) is 15.6. The summed E-state index contributed by atoms with van der Waals surface area (Å²) in [4.78, 5) is 27.3. The van der Waals surface area contributed by atoms with Gasteiger partial charge in [-0.2, -0.15) is 0 Å². The van der Waals surface area contributed by atoms with E-state index in [1.165, 1.54) is 0 Å². The molecule has 2 aliphatic heterocycles. The van der Waals surface area contributed by atoms with Gasteiger partial charge < -0.3 is 20.3 Å². The molecule has 0 spiro atoms. The fourth-order valence-electron chi connectivity index (χ4n) is 4.58. The quantitative estimate of drug-likeness (QED) is 0.397. The smallest absolute Gasteiger partial charge is 0.227 e. The average Bonchev–Trinajstić information content (AvgIpc) is 3.30. The van der Waals surface area contributed by atoms with Crippen molar-refractivity contribution in [2.75, 3.05) is 22.1 Å². The zero-order chi connectivity index (χ0) is 23.8. The van der Waals surface area contributed by atoms with Gasteiger partial charge in [0.1, 0.15) is 23.5 Å². The Bertz CT molecular complexity index is 1410. The number of nitrogens with zero attached hydrogens (tertiary/aromatic N) is 4. The molecule has 0 aliphatic carbocycles. The molecule has 0 saturated carbocycles. The van der Waals surface area contributed by atoms with Crippen molar-refractivity contribution in [1.82, 2.24) is 15.0 Å². The van der Waals surface area contributed by atoms with Gasteiger partial charge in [-0.25, -0.2) is 9.97 Å². The number of ether oxygens (including phenoxy) is 1. The molecule has 1 aromatic carbocycles. The second kappa shape index (κ2) is 8.72. The van der Waals surface area contributed by atoms with Crippen molar-refractivity contribution >= 4 is 34.6 Å². The predicted octanol–water partition coefficient (Wildman–Crippen LogP) is 5.61. The Morgan fingerprint density at radius 2 is 1.80 bits per heavy atom. The number of rotatable bonds is 5. The Kier molecular flexibility index (Phi) is 5.25. The number of hydrogen-bond donors (Lipinski definition) is 2. The van der Waals surface area contributed by atoms with Gasteiger partial charge in [0.25, 0.3) is 0 Å². The molecule has 6 rings (SSSR count). The lowest BCUT2D eigenvalue weighted by Gasteiger charge is -2.28. The van der Waals surface area contributed by atoms with Crippen molar-refractivity contribution in [3.63, 3.8) is 0 Å². The number of hydrogen-bond acceptors (Lipinski definition) is 7. The second-order valence-corrected chi connectivity index (χ2v) is 8.67. The van der Waals surface area contributed by atoms with Gasteiger partial charge in [-0.05, 0) is 49.7 Å². The van der Waals surface area contributed by atoms with Crippen molar-refractivity contribution in [1.29, 1.82) is 0 Å². The molecule has 5 heterocycles. The Labute approximate surface area is 203 Å². The van der Waals surface area contributed by atoms with Crippen LogP contribution in [0.25, 0.3) is 11.1 Å². The van der Waals surface area contributed by atoms with Gasteiger partial charge in [-0.3, -0.25) is 9.78 Å². The Morgan fingerprint density at radius 1 is 0.943 bits per heavy atom. The molecule has 1 fully saturated rings. The highest BCUT2D eigenvalue weighted by atomic mass is 16.5. The zero-order valence-corrected chi connectivity index (χ0v) is 19.2. The standard InChI is InChI=1S/C27H24N6O2/c1-17-22-13-26(32-19-11-18(14-28-15-19)31-25-5-2-3-9-29-25)30-16-23(22)21-8-7-20(12-24(21)35-17)33-10-4-6-27(33)34/h2-3,5,7-9,11-17H,4,6,10H2,1H3,(H,29,31)(H,30,32). The van der Waals surface area contributed by atoms with E-state index in [0.717, 1.165) is 58.3 Å². The number of pyridine rings is 3. The highest BCUT2D eigenvalue weighted by Gasteiger charge is 2.27. The fourth-order valence-corrected chi connectivity index (χ4v) is 4.58. The van der Waals surface area contributed by atoms with E-state index in [1.54, 1.807) is 18.6 Å². The molecular weight excluding hydrogens is 440 g/mol. The molecule has 1 amide bonds. The van der Waals surface area contributed by atoms with Crippen molar-refractivity contribution in [3.05, 3.63) is 78.9 Å². The first-order chi connectivity index (χ1) is 17.1. The third-order valence-corrected chi connectivity index (χ3v) is 6.27. The maximum absolute atomic E-state index is 12.2. The minimum absolute atomic E-state index is 0.152. The van der Waals surface area contributed by atoms with Crippen molar-refractivity contribution in [2.24, 2.45) is 0 Å². The first-order valence-electron chi connectivity index (χ1n) is 11.7. The predicted molar refractivity (Wildman–Crippen MR) is 135 cm³/mol. The van der Waals surface area contributed by atoms with Crippen LogP contribution in [-0.4, -0.2) is 27.4 Å². The van der Waals surface area contributed by atoms with Crippen molar-refractivity contribution in [3.8, 4) is 16.9 Å². The SMILES string of the molecule is CC1Oc2cc(N3CCCC3=O)ccc2-c2cnc(Nc3cncc(Nc4ccccn4)c3)cc21. The molecule has 0 bridgehead atoms. The van der Waals surface area contributed by atoms with Crippen LogP contribution in [0.4, 0.5) is 28.7 Å². The van der Waals surface area contributed by atoms with Crippen LogP contribution in [-0.2, 0) is 4.79 Å². The number of aromatic nitrogens is 3. The molecule has 174 valence electrons. The van der Waals surface area contributed by atoms with Crippen LogP contribution in [0.15, 0.2) is 73.3 Å². The molecule has 1 unspecified atom stereocenters. The minimum atomic E-state index is -0.152. The van der Waals surface area contributed by atoms with E-state index in [4.69, 9.17) is 4.74 Å². The maximum Gasteiger partial charge on any atom is 0.227 e. The topological polar surface area (TPSA) is 92.3 Å². The van der Waals surface area contributed by atoms with Gasteiger partial charge in [0.15, 0.2) is 0 Å². The number of fused-ring (bicyclic) bond motifs is 3. The van der Waals surface area contributed by atoms with E-state index in [2.05, 4.69) is 25.6 Å². The van der Waals surface area contributed by atoms with Gasteiger partial charge in [0.05, 0.1) is 23.8 Å². The highest BCUT2D eigenvalue weighted by molar-refractivity contribution is 5.96. The largest absolute Gasteiger partial charge is 0.485 e. The lowest BCUT2D eigenvalue weighted by Crippen LogP contribution is -2.24. The maximum atomic E-state index is 12.2. The number of nitrogens with one attached hydrogen (secondary N) is 2. The highest BCUT2D eigenvalue weighted by Crippen LogP contribution is 2.44. The molecule has 2 N–H and O–H groups in total. The third-order valence-electron chi connectivity index (χ3n) is 6.27. The van der Waals surface area contributed by atoms with E-state index >= 15 is 0 Å². The molecule has 0 radical (unpaired) electrons. The van der Waals surface area contributed by atoms with E-state index in [9.17, 15) is 4.79 Å². The summed E-state index contributed by atoms with van der Waals surface area (Å²) in [5, 5.41) is 6.59. The first-order valence-corrected chi connectivity index (χ1v) is 11.7. The fraction of sp³-hybridized carbons (Fsp3) is 0.185. The molecule has 1 atom stereocenters. The van der Waals surface area contributed by atoms with Gasteiger partial charge in [-0.1, -0.05) is 6.07 Å². The zero-order valence-electron chi connectivity index (χ0n) is 19.2. The summed E-state index contributed by atoms with van der Waals surface area (Å²) < 4.78 is 6.26. The number of amides is 1. The number of benzene rings is 1. The molecule has 1 saturated heterocycles. The summed E-state index contributed by atoms with van der Waals surface area (Å²) in [5.74, 6) is 2.40. The number of carbonyl (C=O) groups is 1. The monoisotopic (exact) mass is 464 g/mol. The van der Waals surface area contributed by atoms with E-state index in [0.29, 0.717) is 12.2 Å². The summed E-state index contributed by atoms with van der Waals surface area (Å²) in [6.45, 7) is 2.78. The number of anilines is 5. The van der Waals surface area contributed by atoms with Crippen LogP contribution in [0.1, 0.15) is 31.4 Å². The number of carbonyl (C=O) groups excluding carboxylic acids is 1. The Hall–Kier alpha value is -4.46. The van der Waals surface area contributed by atoms with E-state index in [-0.39, 0.29) is 12.0 Å². The Morgan fingerprint density at radius 3 is 2.57 bits per heavy atom. The van der Waals surface area contributed by atoms with Crippen LogP contribution in [0.3, 0.4) is 0 Å². The summed E-state index contributed by atoms with van der Waals surface area (Å²) >= 11 is 0. The second-order valence-electron chi connectivity index (χ2n) is 8.67. The van der Waals surface area contributed by atoms with E-state index < -0.39 is 0 Å². The average molecular weight is 465 g/mol. The lowest BCUT2D eigenvalue weighted by molar-refractivity contribution is -0.117. The molecule has 3 aromatic heterocycles. The molecule has 2 aliphatic rings. The lowest BCUT2D eigenvalue weighted by atomic mass is 9.94. The minimum Gasteiger partial charge on any atom is -0.485 e. The van der Waals surface area contributed by atoms with Crippen LogP contribution in [0.5, 0.6) is 5.75 Å².